The highest BCUT2D eigenvalue weighted by atomic mass is 14.2. The molecule has 0 aromatic carbocycles. The molecule has 0 heterocycles. The summed E-state index contributed by atoms with van der Waals surface area (Å²) in [5.74, 6) is 1.01. The maximum absolute atomic E-state index is 3.64. The lowest BCUT2D eigenvalue weighted by Crippen LogP contribution is -1.90. The van der Waals surface area contributed by atoms with Crippen molar-refractivity contribution in [3.8, 4) is 0 Å². The van der Waals surface area contributed by atoms with E-state index in [9.17, 15) is 0 Å². The Labute approximate surface area is 100 Å². The van der Waals surface area contributed by atoms with Crippen LogP contribution in [0.4, 0.5) is 0 Å². The molecule has 16 heavy (non-hydrogen) atoms. The molecule has 0 aromatic rings. The van der Waals surface area contributed by atoms with Gasteiger partial charge in [0.25, 0.3) is 0 Å². The first-order chi connectivity index (χ1) is 7.83. The molecule has 0 bridgehead atoms. The van der Waals surface area contributed by atoms with Crippen molar-refractivity contribution >= 4 is 0 Å². The first-order valence-corrected chi connectivity index (χ1v) is 6.45. The normalized spacial score (nSPS) is 18.9. The zero-order valence-electron chi connectivity index (χ0n) is 10.5. The van der Waals surface area contributed by atoms with Crippen LogP contribution in [0, 0.1) is 5.92 Å². The Hall–Kier alpha value is -1.04. The van der Waals surface area contributed by atoms with Gasteiger partial charge in [0.05, 0.1) is 0 Å². The lowest BCUT2D eigenvalue weighted by atomic mass is 10.0. The molecule has 0 spiro atoms. The van der Waals surface area contributed by atoms with Gasteiger partial charge in [-0.25, -0.2) is 0 Å². The topological polar surface area (TPSA) is 0 Å². The van der Waals surface area contributed by atoms with E-state index in [0.29, 0.717) is 0 Å². The Morgan fingerprint density at radius 1 is 1.25 bits per heavy atom. The second-order valence-corrected chi connectivity index (χ2v) is 4.66. The molecule has 1 fully saturated rings. The molecule has 0 aromatic heterocycles. The van der Waals surface area contributed by atoms with Gasteiger partial charge in [-0.1, -0.05) is 74.3 Å². The van der Waals surface area contributed by atoms with Crippen LogP contribution in [0.5, 0.6) is 0 Å². The van der Waals surface area contributed by atoms with Gasteiger partial charge >= 0.3 is 0 Å². The van der Waals surface area contributed by atoms with Gasteiger partial charge in [0.15, 0.2) is 0 Å². The van der Waals surface area contributed by atoms with Crippen molar-refractivity contribution in [3.05, 3.63) is 48.6 Å². The highest BCUT2D eigenvalue weighted by molar-refractivity contribution is 5.22. The molecule has 1 aliphatic rings. The van der Waals surface area contributed by atoms with Crippen LogP contribution in [0.15, 0.2) is 48.6 Å². The molecule has 0 nitrogen and oxygen atoms in total. The fourth-order valence-electron chi connectivity index (χ4n) is 2.24. The third-order valence-electron chi connectivity index (χ3n) is 3.20. The summed E-state index contributed by atoms with van der Waals surface area (Å²) in [4.78, 5) is 0. The Balaban J connectivity index is 2.17. The summed E-state index contributed by atoms with van der Waals surface area (Å²) in [5, 5.41) is 0. The van der Waals surface area contributed by atoms with Crippen molar-refractivity contribution < 1.29 is 0 Å². The lowest BCUT2D eigenvalue weighted by molar-refractivity contribution is 0.509. The summed E-state index contributed by atoms with van der Waals surface area (Å²) in [6.45, 7) is 5.78. The van der Waals surface area contributed by atoms with E-state index < -0.39 is 0 Å². The Bertz CT molecular complexity index is 272. The van der Waals surface area contributed by atoms with Crippen molar-refractivity contribution in [2.45, 2.75) is 45.4 Å². The van der Waals surface area contributed by atoms with Crippen LogP contribution < -0.4 is 0 Å². The van der Waals surface area contributed by atoms with E-state index in [1.54, 1.807) is 6.08 Å². The SMILES string of the molecule is C=C\C=C/C=C(C)\C=C/CCC1CCCC1. The van der Waals surface area contributed by atoms with Crippen LogP contribution in [-0.4, -0.2) is 0 Å². The molecule has 0 saturated heterocycles. The van der Waals surface area contributed by atoms with Gasteiger partial charge in [-0.15, -0.1) is 0 Å². The summed E-state index contributed by atoms with van der Waals surface area (Å²) >= 11 is 0. The molecule has 1 aliphatic carbocycles. The third kappa shape index (κ3) is 5.75. The van der Waals surface area contributed by atoms with Gasteiger partial charge in [-0.2, -0.15) is 0 Å². The average Bonchev–Trinajstić information content (AvgIpc) is 2.78. The van der Waals surface area contributed by atoms with Crippen molar-refractivity contribution in [2.24, 2.45) is 5.92 Å². The summed E-state index contributed by atoms with van der Waals surface area (Å²) in [7, 11) is 0. The van der Waals surface area contributed by atoms with Crippen LogP contribution >= 0.6 is 0 Å². The zero-order valence-corrected chi connectivity index (χ0v) is 10.5. The maximum atomic E-state index is 3.64. The smallest absolute Gasteiger partial charge is 0.0345 e. The van der Waals surface area contributed by atoms with E-state index in [2.05, 4.69) is 31.7 Å². The van der Waals surface area contributed by atoms with Crippen molar-refractivity contribution in [3.63, 3.8) is 0 Å². The molecular formula is C16H24. The van der Waals surface area contributed by atoms with Gasteiger partial charge in [0.2, 0.25) is 0 Å². The minimum atomic E-state index is 1.01. The second-order valence-electron chi connectivity index (χ2n) is 4.66. The van der Waals surface area contributed by atoms with E-state index in [1.807, 2.05) is 12.2 Å². The first-order valence-electron chi connectivity index (χ1n) is 6.45. The quantitative estimate of drug-likeness (QED) is 0.535. The van der Waals surface area contributed by atoms with E-state index in [1.165, 1.54) is 44.1 Å². The van der Waals surface area contributed by atoms with E-state index in [0.717, 1.165) is 5.92 Å². The molecule has 0 N–H and O–H groups in total. The number of allylic oxidation sites excluding steroid dienone is 7. The van der Waals surface area contributed by atoms with Gasteiger partial charge in [0.1, 0.15) is 0 Å². The van der Waals surface area contributed by atoms with Crippen molar-refractivity contribution in [1.82, 2.24) is 0 Å². The molecule has 0 atom stereocenters. The molecule has 0 unspecified atom stereocenters. The first kappa shape index (κ1) is 13.0. The number of hydrogen-bond donors (Lipinski definition) is 0. The summed E-state index contributed by atoms with van der Waals surface area (Å²) < 4.78 is 0. The fourth-order valence-corrected chi connectivity index (χ4v) is 2.24. The highest BCUT2D eigenvalue weighted by Gasteiger charge is 2.13. The minimum Gasteiger partial charge on any atom is -0.0991 e. The largest absolute Gasteiger partial charge is 0.0991 e. The van der Waals surface area contributed by atoms with Crippen LogP contribution in [0.1, 0.15) is 45.4 Å². The summed E-state index contributed by atoms with van der Waals surface area (Å²) in [5.41, 5.74) is 1.31. The van der Waals surface area contributed by atoms with Gasteiger partial charge < -0.3 is 0 Å². The Kier molecular flexibility index (Phi) is 6.64. The maximum Gasteiger partial charge on any atom is -0.0345 e. The van der Waals surface area contributed by atoms with Crippen LogP contribution in [0.2, 0.25) is 0 Å². The average molecular weight is 216 g/mol. The van der Waals surface area contributed by atoms with Crippen LogP contribution in [0.3, 0.4) is 0 Å². The highest BCUT2D eigenvalue weighted by Crippen LogP contribution is 2.28. The minimum absolute atomic E-state index is 1.01. The van der Waals surface area contributed by atoms with Gasteiger partial charge in [0, 0.05) is 0 Å². The number of hydrogen-bond acceptors (Lipinski definition) is 0. The van der Waals surface area contributed by atoms with Crippen molar-refractivity contribution in [1.29, 1.82) is 0 Å². The van der Waals surface area contributed by atoms with E-state index >= 15 is 0 Å². The fraction of sp³-hybridized carbons (Fsp3) is 0.500. The summed E-state index contributed by atoms with van der Waals surface area (Å²) in [6, 6.07) is 0. The Morgan fingerprint density at radius 2 is 2.00 bits per heavy atom. The van der Waals surface area contributed by atoms with Crippen molar-refractivity contribution in [2.75, 3.05) is 0 Å². The predicted octanol–water partition coefficient (Wildman–Crippen LogP) is 5.20. The third-order valence-corrected chi connectivity index (χ3v) is 3.20. The molecule has 0 heteroatoms. The molecule has 0 aliphatic heterocycles. The predicted molar refractivity (Wildman–Crippen MR) is 73.4 cm³/mol. The van der Waals surface area contributed by atoms with Crippen LogP contribution in [-0.2, 0) is 0 Å². The standard InChI is InChI=1S/C16H24/c1-3-4-5-10-15(2)11-6-7-12-16-13-8-9-14-16/h3-6,10-11,16H,1,7-9,12-14H2,2H3/b5-4-,11-6-,15-10-. The zero-order chi connectivity index (χ0) is 11.6. The molecule has 0 amide bonds. The molecular weight excluding hydrogens is 192 g/mol. The van der Waals surface area contributed by atoms with E-state index in [4.69, 9.17) is 0 Å². The monoisotopic (exact) mass is 216 g/mol. The summed E-state index contributed by atoms with van der Waals surface area (Å²) in [6.07, 6.45) is 20.9. The number of rotatable bonds is 6. The van der Waals surface area contributed by atoms with Gasteiger partial charge in [-0.05, 0) is 25.7 Å². The Morgan fingerprint density at radius 3 is 2.69 bits per heavy atom. The molecule has 1 saturated carbocycles. The lowest BCUT2D eigenvalue weighted by Gasteiger charge is -2.04. The van der Waals surface area contributed by atoms with Crippen LogP contribution in [0.25, 0.3) is 0 Å². The second kappa shape index (κ2) is 8.15. The van der Waals surface area contributed by atoms with E-state index in [-0.39, 0.29) is 0 Å². The molecule has 0 radical (unpaired) electrons. The molecule has 1 rings (SSSR count). The van der Waals surface area contributed by atoms with Gasteiger partial charge in [-0.3, -0.25) is 0 Å². The molecule has 88 valence electrons.